The predicted molar refractivity (Wildman–Crippen MR) is 120 cm³/mol. The third-order valence-corrected chi connectivity index (χ3v) is 7.39. The predicted octanol–water partition coefficient (Wildman–Crippen LogP) is 4.23. The first-order chi connectivity index (χ1) is 14.3. The molecule has 1 heterocycles. The molecule has 0 radical (unpaired) electrons. The van der Waals surface area contributed by atoms with Crippen molar-refractivity contribution in [2.75, 3.05) is 11.1 Å². The second-order valence-corrected chi connectivity index (χ2v) is 10.5. The molecule has 4 rings (SSSR count). The molecule has 0 saturated heterocycles. The molecule has 2 aromatic carbocycles. The van der Waals surface area contributed by atoms with Crippen LogP contribution in [0.3, 0.4) is 0 Å². The Morgan fingerprint density at radius 3 is 2.73 bits per heavy atom. The number of anilines is 1. The van der Waals surface area contributed by atoms with Gasteiger partial charge in [-0.1, -0.05) is 28.1 Å². The monoisotopic (exact) mass is 487 g/mol. The summed E-state index contributed by atoms with van der Waals surface area (Å²) in [5, 5.41) is 7.22. The fraction of sp³-hybridized carbons (Fsp3) is 0.273. The lowest BCUT2D eigenvalue weighted by Gasteiger charge is -2.10. The molecule has 0 spiro atoms. The molecule has 0 aliphatic heterocycles. The van der Waals surface area contributed by atoms with Gasteiger partial charge in [-0.15, -0.1) is 0 Å². The standard InChI is InChI=1S/C22H22BrN3O3S/c1-15-12-21(26(25-15)19-7-3-6-18(23)14-19)24-22(27)10-11-30(28,29)20-9-8-16-4-2-5-17(16)13-20/h3,6-9,12-14H,2,4-5,10-11H2,1H3,(H,24,27). The molecule has 0 fully saturated rings. The summed E-state index contributed by atoms with van der Waals surface area (Å²) in [6.07, 6.45) is 2.86. The highest BCUT2D eigenvalue weighted by molar-refractivity contribution is 9.10. The largest absolute Gasteiger partial charge is 0.311 e. The average molecular weight is 488 g/mol. The van der Waals surface area contributed by atoms with Crippen molar-refractivity contribution in [3.05, 3.63) is 69.8 Å². The number of rotatable bonds is 6. The number of carbonyl (C=O) groups is 1. The minimum Gasteiger partial charge on any atom is -0.311 e. The lowest BCUT2D eigenvalue weighted by molar-refractivity contribution is -0.115. The summed E-state index contributed by atoms with van der Waals surface area (Å²) in [4.78, 5) is 12.8. The van der Waals surface area contributed by atoms with Crippen LogP contribution in [0.25, 0.3) is 5.69 Å². The van der Waals surface area contributed by atoms with Gasteiger partial charge in [0.05, 0.1) is 22.0 Å². The molecule has 0 atom stereocenters. The van der Waals surface area contributed by atoms with Gasteiger partial charge in [-0.3, -0.25) is 4.79 Å². The third kappa shape index (κ3) is 4.49. The molecule has 6 nitrogen and oxygen atoms in total. The highest BCUT2D eigenvalue weighted by atomic mass is 79.9. The molecule has 3 aromatic rings. The summed E-state index contributed by atoms with van der Waals surface area (Å²) < 4.78 is 28.0. The van der Waals surface area contributed by atoms with Crippen LogP contribution < -0.4 is 5.32 Å². The maximum absolute atomic E-state index is 12.7. The van der Waals surface area contributed by atoms with Crippen molar-refractivity contribution in [1.29, 1.82) is 0 Å². The molecule has 1 N–H and O–H groups in total. The van der Waals surface area contributed by atoms with Crippen molar-refractivity contribution in [3.63, 3.8) is 0 Å². The number of nitrogens with zero attached hydrogens (tertiary/aromatic N) is 2. The van der Waals surface area contributed by atoms with Crippen LogP contribution >= 0.6 is 15.9 Å². The maximum atomic E-state index is 12.7. The Labute approximate surface area is 184 Å². The zero-order valence-corrected chi connectivity index (χ0v) is 19.0. The first kappa shape index (κ1) is 20.8. The number of fused-ring (bicyclic) bond motifs is 1. The van der Waals surface area contributed by atoms with Gasteiger partial charge in [-0.2, -0.15) is 5.10 Å². The van der Waals surface area contributed by atoms with Crippen molar-refractivity contribution in [1.82, 2.24) is 9.78 Å². The third-order valence-electron chi connectivity index (χ3n) is 5.18. The quantitative estimate of drug-likeness (QED) is 0.563. The number of benzene rings is 2. The van der Waals surface area contributed by atoms with Gasteiger partial charge < -0.3 is 5.32 Å². The Morgan fingerprint density at radius 2 is 1.93 bits per heavy atom. The van der Waals surface area contributed by atoms with Crippen LogP contribution in [0.5, 0.6) is 0 Å². The minimum atomic E-state index is -3.52. The van der Waals surface area contributed by atoms with Crippen LogP contribution in [0, 0.1) is 6.92 Å². The summed E-state index contributed by atoms with van der Waals surface area (Å²) in [6.45, 7) is 1.84. The molecular formula is C22H22BrN3O3S. The molecule has 1 aliphatic carbocycles. The first-order valence-electron chi connectivity index (χ1n) is 9.79. The fourth-order valence-corrected chi connectivity index (χ4v) is 5.36. The summed E-state index contributed by atoms with van der Waals surface area (Å²) >= 11 is 3.43. The SMILES string of the molecule is Cc1cc(NC(=O)CCS(=O)(=O)c2ccc3c(c2)CCC3)n(-c2cccc(Br)c2)n1. The molecule has 0 bridgehead atoms. The van der Waals surface area contributed by atoms with E-state index in [4.69, 9.17) is 0 Å². The van der Waals surface area contributed by atoms with Gasteiger partial charge in [0.1, 0.15) is 5.82 Å². The summed E-state index contributed by atoms with van der Waals surface area (Å²) in [6, 6.07) is 14.6. The summed E-state index contributed by atoms with van der Waals surface area (Å²) in [7, 11) is -3.52. The van der Waals surface area contributed by atoms with Gasteiger partial charge in [0.2, 0.25) is 5.91 Å². The van der Waals surface area contributed by atoms with Crippen molar-refractivity contribution in [2.24, 2.45) is 0 Å². The average Bonchev–Trinajstić information content (AvgIpc) is 3.32. The molecule has 0 saturated carbocycles. The smallest absolute Gasteiger partial charge is 0.226 e. The lowest BCUT2D eigenvalue weighted by Crippen LogP contribution is -2.19. The van der Waals surface area contributed by atoms with E-state index in [1.165, 1.54) is 5.56 Å². The molecule has 1 aliphatic rings. The number of nitrogens with one attached hydrogen (secondary N) is 1. The number of sulfone groups is 1. The van der Waals surface area contributed by atoms with Gasteiger partial charge >= 0.3 is 0 Å². The van der Waals surface area contributed by atoms with Crippen LogP contribution in [-0.2, 0) is 27.5 Å². The van der Waals surface area contributed by atoms with E-state index >= 15 is 0 Å². The van der Waals surface area contributed by atoms with Gasteiger partial charge in [0.15, 0.2) is 9.84 Å². The normalized spacial score (nSPS) is 13.3. The van der Waals surface area contributed by atoms with Crippen molar-refractivity contribution < 1.29 is 13.2 Å². The Morgan fingerprint density at radius 1 is 1.13 bits per heavy atom. The number of aromatic nitrogens is 2. The number of carbonyl (C=O) groups excluding carboxylic acids is 1. The molecule has 0 unspecified atom stereocenters. The van der Waals surface area contributed by atoms with E-state index in [0.717, 1.165) is 40.7 Å². The van der Waals surface area contributed by atoms with Gasteiger partial charge in [0.25, 0.3) is 0 Å². The van der Waals surface area contributed by atoms with Crippen LogP contribution in [0.4, 0.5) is 5.82 Å². The van der Waals surface area contributed by atoms with Crippen molar-refractivity contribution in [3.8, 4) is 5.69 Å². The van der Waals surface area contributed by atoms with E-state index in [2.05, 4.69) is 26.3 Å². The highest BCUT2D eigenvalue weighted by Gasteiger charge is 2.20. The van der Waals surface area contributed by atoms with E-state index in [-0.39, 0.29) is 18.1 Å². The van der Waals surface area contributed by atoms with Crippen molar-refractivity contribution >= 4 is 37.5 Å². The molecule has 8 heteroatoms. The van der Waals surface area contributed by atoms with E-state index < -0.39 is 9.84 Å². The van der Waals surface area contributed by atoms with E-state index in [9.17, 15) is 13.2 Å². The number of amides is 1. The Kier molecular flexibility index (Phi) is 5.79. The zero-order valence-electron chi connectivity index (χ0n) is 16.6. The Bertz CT molecular complexity index is 1220. The molecule has 1 aromatic heterocycles. The van der Waals surface area contributed by atoms with Crippen molar-refractivity contribution in [2.45, 2.75) is 37.5 Å². The Balaban J connectivity index is 1.45. The first-order valence-corrected chi connectivity index (χ1v) is 12.2. The molecular weight excluding hydrogens is 466 g/mol. The lowest BCUT2D eigenvalue weighted by atomic mass is 10.1. The van der Waals surface area contributed by atoms with Gasteiger partial charge in [0, 0.05) is 17.0 Å². The molecule has 156 valence electrons. The number of hydrogen-bond acceptors (Lipinski definition) is 4. The second kappa shape index (κ2) is 8.35. The second-order valence-electron chi connectivity index (χ2n) is 7.46. The number of aryl methyl sites for hydroxylation is 3. The molecule has 30 heavy (non-hydrogen) atoms. The van der Waals surface area contributed by atoms with Crippen LogP contribution in [0.2, 0.25) is 0 Å². The van der Waals surface area contributed by atoms with E-state index in [1.54, 1.807) is 22.9 Å². The van der Waals surface area contributed by atoms with E-state index in [1.807, 2.05) is 37.3 Å². The van der Waals surface area contributed by atoms with Crippen LogP contribution in [0.15, 0.2) is 57.9 Å². The zero-order chi connectivity index (χ0) is 21.3. The fourth-order valence-electron chi connectivity index (χ4n) is 3.69. The number of halogens is 1. The maximum Gasteiger partial charge on any atom is 0.226 e. The Hall–Kier alpha value is -2.45. The van der Waals surface area contributed by atoms with Gasteiger partial charge in [-0.05, 0) is 67.6 Å². The van der Waals surface area contributed by atoms with Crippen LogP contribution in [0.1, 0.15) is 29.7 Å². The topological polar surface area (TPSA) is 81.1 Å². The number of hydrogen-bond donors (Lipinski definition) is 1. The molecule has 1 amide bonds. The summed E-state index contributed by atoms with van der Waals surface area (Å²) in [5.74, 6) is -0.0943. The van der Waals surface area contributed by atoms with E-state index in [0.29, 0.717) is 10.7 Å². The highest BCUT2D eigenvalue weighted by Crippen LogP contribution is 2.26. The van der Waals surface area contributed by atoms with Crippen LogP contribution in [-0.4, -0.2) is 29.9 Å². The minimum absolute atomic E-state index is 0.123. The summed E-state index contributed by atoms with van der Waals surface area (Å²) in [5.41, 5.74) is 3.87. The van der Waals surface area contributed by atoms with Gasteiger partial charge in [-0.25, -0.2) is 13.1 Å².